The van der Waals surface area contributed by atoms with E-state index in [0.717, 1.165) is 33.5 Å². The summed E-state index contributed by atoms with van der Waals surface area (Å²) in [6, 6.07) is 22.4. The summed E-state index contributed by atoms with van der Waals surface area (Å²) in [6.07, 6.45) is 0.129. The summed E-state index contributed by atoms with van der Waals surface area (Å²) in [5.74, 6) is 2.12. The number of carbonyl (C=O) groups is 2. The number of thioether (sulfide) groups is 2. The van der Waals surface area contributed by atoms with Gasteiger partial charge in [0.05, 0.1) is 48.1 Å². The molecule has 3 aromatic heterocycles. The average Bonchev–Trinajstić information content (AvgIpc) is 4.01. The van der Waals surface area contributed by atoms with Crippen molar-refractivity contribution in [1.82, 2.24) is 50.4 Å². The number of carboxylic acid groups (broad SMARTS) is 1. The summed E-state index contributed by atoms with van der Waals surface area (Å²) < 4.78 is 16.8. The summed E-state index contributed by atoms with van der Waals surface area (Å²) in [6.45, 7) is 14.4. The van der Waals surface area contributed by atoms with E-state index >= 15 is 0 Å². The number of aromatic nitrogens is 9. The largest absolute Gasteiger partial charge is 0.490 e. The minimum absolute atomic E-state index is 0.0555. The molecule has 4 N–H and O–H groups in total. The van der Waals surface area contributed by atoms with Crippen LogP contribution < -0.4 is 14.5 Å². The van der Waals surface area contributed by atoms with Crippen LogP contribution in [0.25, 0.3) is 33.8 Å². The smallest absolute Gasteiger partial charge is 0.313 e. The summed E-state index contributed by atoms with van der Waals surface area (Å²) in [4.78, 5) is 38.1. The van der Waals surface area contributed by atoms with Crippen LogP contribution >= 0.6 is 23.5 Å². The molecule has 0 unspecified atom stereocenters. The lowest BCUT2D eigenvalue weighted by Crippen LogP contribution is -2.41. The van der Waals surface area contributed by atoms with Gasteiger partial charge >= 0.3 is 5.97 Å². The Morgan fingerprint density at radius 1 is 0.776 bits per heavy atom. The highest BCUT2D eigenvalue weighted by Gasteiger charge is 2.19. The van der Waals surface area contributed by atoms with Crippen molar-refractivity contribution in [2.75, 3.05) is 37.8 Å². The number of hydrogen-bond acceptors (Lipinski definition) is 15. The Kier molecular flexibility index (Phi) is 18.2. The Morgan fingerprint density at radius 3 is 1.79 bits per heavy atom. The first kappa shape index (κ1) is 45.0. The van der Waals surface area contributed by atoms with Crippen LogP contribution in [0.5, 0.6) is 11.5 Å². The number of nitrogens with one attached hydrogen (secondary N) is 2. The Morgan fingerprint density at radius 2 is 1.28 bits per heavy atom. The van der Waals surface area contributed by atoms with Crippen molar-refractivity contribution in [2.24, 2.45) is 0 Å². The second-order valence-corrected chi connectivity index (χ2v) is 14.1. The zero-order valence-electron chi connectivity index (χ0n) is 33.1. The van der Waals surface area contributed by atoms with E-state index in [9.17, 15) is 9.59 Å². The van der Waals surface area contributed by atoms with Gasteiger partial charge in [-0.15, -0.1) is 15.3 Å². The standard InChI is InChI=1S/C17H22N4O3S.C13H15N3O3S.C6H5N3O2.C2H6/c1-12(2)24-14-6-4-3-5-13(14)16-18-17(20-19-16)25-11-15(22)21-7-9-23-10-8-21;1-8(2)19-10-6-4-3-5-9(10)12-14-13(16-15-12)20-7-11(17)18;10-11-9-6-4-2-1-3-5(6)7-8-9;1-2/h3-6,12H,7-11H2,1-2H3,(H,18,19,20);3-6,8H,7H2,1-2H3,(H,17,18)(H,14,15,16);1-4,10H;1-2H3. The first-order valence-electron chi connectivity index (χ1n) is 18.4. The molecule has 6 aromatic rings. The average molecular weight is 837 g/mol. The SMILES string of the molecule is CC.CC(C)Oc1ccccc1-c1nc(SCC(=O)N2CCOCC2)n[nH]1.CC(C)Oc1ccccc1-c1nc(SCC(=O)O)n[nH]1.OOn1nnc2ccccc21. The maximum atomic E-state index is 12.2. The molecule has 0 bridgehead atoms. The molecule has 0 saturated carbocycles. The monoisotopic (exact) mass is 836 g/mol. The Bertz CT molecular complexity index is 2150. The van der Waals surface area contributed by atoms with Gasteiger partial charge in [-0.25, -0.2) is 15.0 Å². The normalized spacial score (nSPS) is 12.1. The van der Waals surface area contributed by atoms with Crippen molar-refractivity contribution < 1.29 is 39.2 Å². The van der Waals surface area contributed by atoms with Gasteiger partial charge in [-0.2, -0.15) is 5.26 Å². The first-order valence-corrected chi connectivity index (χ1v) is 20.4. The fourth-order valence-corrected chi connectivity index (χ4v) is 6.18. The third kappa shape index (κ3) is 13.7. The van der Waals surface area contributed by atoms with E-state index in [1.54, 1.807) is 18.2 Å². The molecule has 310 valence electrons. The van der Waals surface area contributed by atoms with Crippen LogP contribution in [-0.2, 0) is 14.3 Å². The van der Waals surface area contributed by atoms with E-state index in [4.69, 9.17) is 24.6 Å². The molecule has 0 atom stereocenters. The van der Waals surface area contributed by atoms with Gasteiger partial charge in [-0.05, 0) is 74.2 Å². The third-order valence-corrected chi connectivity index (χ3v) is 9.02. The highest BCUT2D eigenvalue weighted by Crippen LogP contribution is 2.30. The van der Waals surface area contributed by atoms with Crippen LogP contribution in [0, 0.1) is 0 Å². The molecule has 0 radical (unpaired) electrons. The van der Waals surface area contributed by atoms with Crippen molar-refractivity contribution in [3.63, 3.8) is 0 Å². The lowest BCUT2D eigenvalue weighted by Gasteiger charge is -2.26. The van der Waals surface area contributed by atoms with Gasteiger partial charge in [-0.3, -0.25) is 19.8 Å². The molecular formula is C38H48N10O8S2. The topological polar surface area (TPSA) is 229 Å². The van der Waals surface area contributed by atoms with Gasteiger partial charge in [-0.1, -0.05) is 73.8 Å². The van der Waals surface area contributed by atoms with Crippen LogP contribution in [0.4, 0.5) is 0 Å². The summed E-state index contributed by atoms with van der Waals surface area (Å²) in [5, 5.41) is 39.0. The molecule has 1 fully saturated rings. The number of para-hydroxylation sites is 3. The molecule has 4 heterocycles. The van der Waals surface area contributed by atoms with E-state index in [0.29, 0.717) is 70.8 Å². The zero-order chi connectivity index (χ0) is 41.9. The molecule has 58 heavy (non-hydrogen) atoms. The molecule has 20 heteroatoms. The fourth-order valence-electron chi connectivity index (χ4n) is 4.97. The van der Waals surface area contributed by atoms with Gasteiger partial charge in [0.2, 0.25) is 16.2 Å². The van der Waals surface area contributed by atoms with Crippen molar-refractivity contribution in [3.8, 4) is 34.3 Å². The number of benzene rings is 3. The van der Waals surface area contributed by atoms with E-state index < -0.39 is 5.97 Å². The quantitative estimate of drug-likeness (QED) is 0.0594. The molecule has 7 rings (SSSR count). The molecule has 1 amide bonds. The summed E-state index contributed by atoms with van der Waals surface area (Å²) >= 11 is 2.40. The van der Waals surface area contributed by atoms with Crippen molar-refractivity contribution >= 4 is 46.4 Å². The number of aromatic amines is 2. The number of fused-ring (bicyclic) bond motifs is 1. The zero-order valence-corrected chi connectivity index (χ0v) is 34.7. The Labute approximate surface area is 343 Å². The summed E-state index contributed by atoms with van der Waals surface area (Å²) in [7, 11) is 0. The number of morpholine rings is 1. The van der Waals surface area contributed by atoms with E-state index in [1.807, 2.05) is 101 Å². The number of H-pyrrole nitrogens is 2. The molecule has 1 saturated heterocycles. The minimum atomic E-state index is -0.898. The number of aliphatic carboxylic acids is 1. The highest BCUT2D eigenvalue weighted by molar-refractivity contribution is 8.00. The number of carbonyl (C=O) groups excluding carboxylic acids is 1. The highest BCUT2D eigenvalue weighted by atomic mass is 32.2. The van der Waals surface area contributed by atoms with Crippen LogP contribution in [0.1, 0.15) is 41.5 Å². The number of hydrogen-bond donors (Lipinski definition) is 4. The summed E-state index contributed by atoms with van der Waals surface area (Å²) in [5.41, 5.74) is 2.97. The van der Waals surface area contributed by atoms with Gasteiger partial charge < -0.3 is 24.2 Å². The second kappa shape index (κ2) is 23.5. The van der Waals surface area contributed by atoms with E-state index in [1.165, 1.54) is 11.8 Å². The van der Waals surface area contributed by atoms with Crippen molar-refractivity contribution in [3.05, 3.63) is 72.8 Å². The lowest BCUT2D eigenvalue weighted by molar-refractivity contribution is -0.250. The lowest BCUT2D eigenvalue weighted by atomic mass is 10.2. The third-order valence-electron chi connectivity index (χ3n) is 7.35. The Hall–Kier alpha value is -5.70. The van der Waals surface area contributed by atoms with Crippen LogP contribution in [-0.4, -0.2) is 123 Å². The predicted molar refractivity (Wildman–Crippen MR) is 220 cm³/mol. The molecule has 0 spiro atoms. The maximum absolute atomic E-state index is 12.2. The number of amides is 1. The second-order valence-electron chi connectivity index (χ2n) is 12.3. The Balaban J connectivity index is 0.000000201. The maximum Gasteiger partial charge on any atom is 0.313 e. The molecule has 3 aromatic carbocycles. The van der Waals surface area contributed by atoms with Crippen LogP contribution in [0.15, 0.2) is 83.1 Å². The van der Waals surface area contributed by atoms with Crippen LogP contribution in [0.2, 0.25) is 0 Å². The number of rotatable bonds is 13. The fraction of sp³-hybridized carbons (Fsp3) is 0.368. The van der Waals surface area contributed by atoms with Crippen LogP contribution in [0.3, 0.4) is 0 Å². The number of carboxylic acids is 1. The van der Waals surface area contributed by atoms with E-state index in [2.05, 4.69) is 45.7 Å². The molecule has 0 aliphatic carbocycles. The van der Waals surface area contributed by atoms with Gasteiger partial charge in [0, 0.05) is 13.1 Å². The predicted octanol–water partition coefficient (Wildman–Crippen LogP) is 6.00. The number of nitrogens with zero attached hydrogens (tertiary/aromatic N) is 8. The van der Waals surface area contributed by atoms with Gasteiger partial charge in [0.25, 0.3) is 0 Å². The minimum Gasteiger partial charge on any atom is -0.490 e. The molecule has 1 aliphatic rings. The van der Waals surface area contributed by atoms with E-state index in [-0.39, 0.29) is 23.9 Å². The van der Waals surface area contributed by atoms with Gasteiger partial charge in [0.1, 0.15) is 22.5 Å². The van der Waals surface area contributed by atoms with Crippen molar-refractivity contribution in [2.45, 2.75) is 64.1 Å². The molecule has 18 nitrogen and oxygen atoms in total. The first-order chi connectivity index (χ1) is 28.1. The molecule has 1 aliphatic heterocycles. The van der Waals surface area contributed by atoms with Gasteiger partial charge in [0.15, 0.2) is 11.6 Å². The number of ether oxygens (including phenoxy) is 3. The van der Waals surface area contributed by atoms with Crippen molar-refractivity contribution in [1.29, 1.82) is 0 Å². The molecular weight excluding hydrogens is 789 g/mol.